The van der Waals surface area contributed by atoms with Gasteiger partial charge in [-0.15, -0.1) is 0 Å². The van der Waals surface area contributed by atoms with Crippen molar-refractivity contribution in [1.29, 1.82) is 0 Å². The van der Waals surface area contributed by atoms with Crippen molar-refractivity contribution < 1.29 is 19.8 Å². The summed E-state index contributed by atoms with van der Waals surface area (Å²) in [5.41, 5.74) is 0.402. The van der Waals surface area contributed by atoms with Crippen molar-refractivity contribution in [2.75, 3.05) is 11.9 Å². The number of carbonyl (C=O) groups excluding carboxylic acids is 1. The first-order valence-electron chi connectivity index (χ1n) is 5.72. The van der Waals surface area contributed by atoms with E-state index < -0.39 is 24.1 Å². The van der Waals surface area contributed by atoms with Gasteiger partial charge in [-0.25, -0.2) is 9.59 Å². The molecule has 1 aromatic rings. The monoisotopic (exact) mass is 284 g/mol. The average Bonchev–Trinajstić information content (AvgIpc) is 2.74. The van der Waals surface area contributed by atoms with Crippen LogP contribution in [0.1, 0.15) is 6.42 Å². The van der Waals surface area contributed by atoms with E-state index in [9.17, 15) is 14.7 Å². The summed E-state index contributed by atoms with van der Waals surface area (Å²) in [6.07, 6.45) is -0.788. The molecule has 1 heterocycles. The Bertz CT molecular complexity index is 508. The molecule has 19 heavy (non-hydrogen) atoms. The van der Waals surface area contributed by atoms with E-state index in [-0.39, 0.29) is 13.0 Å². The van der Waals surface area contributed by atoms with Crippen LogP contribution in [-0.2, 0) is 4.79 Å². The van der Waals surface area contributed by atoms with Crippen molar-refractivity contribution in [2.45, 2.75) is 18.6 Å². The number of hydrogen-bond acceptors (Lipinski definition) is 3. The number of carbonyl (C=O) groups is 2. The molecular weight excluding hydrogens is 272 g/mol. The van der Waals surface area contributed by atoms with Crippen LogP contribution in [-0.4, -0.2) is 45.8 Å². The Hall–Kier alpha value is -1.79. The maximum Gasteiger partial charge on any atom is 0.326 e. The number of nitrogens with one attached hydrogen (secondary N) is 1. The van der Waals surface area contributed by atoms with Crippen molar-refractivity contribution in [1.82, 2.24) is 4.90 Å². The number of β-amino-alcohol motifs (C(OH)–C–C–N with tert-alkyl or cyclic N) is 1. The molecule has 1 aliphatic rings. The molecule has 0 aliphatic carbocycles. The highest BCUT2D eigenvalue weighted by atomic mass is 35.5. The molecule has 1 fully saturated rings. The van der Waals surface area contributed by atoms with E-state index >= 15 is 0 Å². The van der Waals surface area contributed by atoms with Crippen molar-refractivity contribution >= 4 is 29.3 Å². The molecule has 0 bridgehead atoms. The van der Waals surface area contributed by atoms with Gasteiger partial charge in [0.1, 0.15) is 6.04 Å². The topological polar surface area (TPSA) is 89.9 Å². The minimum absolute atomic E-state index is 0.00669. The van der Waals surface area contributed by atoms with Crippen molar-refractivity contribution in [2.24, 2.45) is 0 Å². The molecule has 1 aromatic carbocycles. The molecule has 2 atom stereocenters. The fraction of sp³-hybridized carbons (Fsp3) is 0.333. The zero-order valence-electron chi connectivity index (χ0n) is 9.91. The van der Waals surface area contributed by atoms with Crippen LogP contribution in [0.25, 0.3) is 0 Å². The normalized spacial score (nSPS) is 22.3. The lowest BCUT2D eigenvalue weighted by atomic mass is 10.2. The fourth-order valence-electron chi connectivity index (χ4n) is 2.02. The van der Waals surface area contributed by atoms with Gasteiger partial charge < -0.3 is 20.4 Å². The van der Waals surface area contributed by atoms with Gasteiger partial charge in [0.05, 0.1) is 16.8 Å². The van der Waals surface area contributed by atoms with Crippen LogP contribution in [0.5, 0.6) is 0 Å². The summed E-state index contributed by atoms with van der Waals surface area (Å²) in [6.45, 7) is -0.00669. The first kappa shape index (κ1) is 13.6. The Morgan fingerprint density at radius 2 is 2.05 bits per heavy atom. The molecule has 1 saturated heterocycles. The first-order valence-corrected chi connectivity index (χ1v) is 6.10. The standard InChI is InChI=1S/C12H13ClN2O4/c13-8-3-1-2-4-9(8)14-12(19)15-6-7(16)5-10(15)11(17)18/h1-4,7,10,16H,5-6H2,(H,14,19)(H,17,18)/t7-,10-/m1/s1. The maximum atomic E-state index is 12.0. The number of urea groups is 1. The van der Waals surface area contributed by atoms with Crippen LogP contribution in [0.15, 0.2) is 24.3 Å². The minimum atomic E-state index is -1.13. The van der Waals surface area contributed by atoms with Gasteiger partial charge in [-0.05, 0) is 12.1 Å². The number of para-hydroxylation sites is 1. The largest absolute Gasteiger partial charge is 0.480 e. The van der Waals surface area contributed by atoms with Crippen molar-refractivity contribution in [3.8, 4) is 0 Å². The lowest BCUT2D eigenvalue weighted by molar-refractivity contribution is -0.141. The Morgan fingerprint density at radius 3 is 2.68 bits per heavy atom. The van der Waals surface area contributed by atoms with Crippen molar-refractivity contribution in [3.63, 3.8) is 0 Å². The van der Waals surface area contributed by atoms with Gasteiger partial charge in [-0.2, -0.15) is 0 Å². The number of hydrogen-bond donors (Lipinski definition) is 3. The van der Waals surface area contributed by atoms with Gasteiger partial charge in [0.2, 0.25) is 0 Å². The molecule has 6 nitrogen and oxygen atoms in total. The number of anilines is 1. The highest BCUT2D eigenvalue weighted by Gasteiger charge is 2.39. The molecule has 0 aromatic heterocycles. The summed E-state index contributed by atoms with van der Waals surface area (Å²) < 4.78 is 0. The van der Waals surface area contributed by atoms with Gasteiger partial charge in [0.15, 0.2) is 0 Å². The van der Waals surface area contributed by atoms with Gasteiger partial charge in [-0.3, -0.25) is 0 Å². The summed E-state index contributed by atoms with van der Waals surface area (Å²) in [5, 5.41) is 21.4. The fourth-order valence-corrected chi connectivity index (χ4v) is 2.20. The number of aliphatic hydroxyl groups is 1. The lowest BCUT2D eigenvalue weighted by Gasteiger charge is -2.21. The van der Waals surface area contributed by atoms with Gasteiger partial charge >= 0.3 is 12.0 Å². The first-order chi connectivity index (χ1) is 8.99. The number of amides is 2. The molecular formula is C12H13ClN2O4. The number of carboxylic acid groups (broad SMARTS) is 1. The molecule has 0 spiro atoms. The predicted octanol–water partition coefficient (Wildman–Crippen LogP) is 1.39. The quantitative estimate of drug-likeness (QED) is 0.765. The SMILES string of the molecule is O=C(O)[C@H]1C[C@@H](O)CN1C(=O)Nc1ccccc1Cl. The van der Waals surface area contributed by atoms with Crippen LogP contribution >= 0.6 is 11.6 Å². The molecule has 0 radical (unpaired) electrons. The Kier molecular flexibility index (Phi) is 3.92. The van der Waals surface area contributed by atoms with Crippen LogP contribution in [0, 0.1) is 0 Å². The summed E-state index contributed by atoms with van der Waals surface area (Å²) in [5.74, 6) is -1.13. The van der Waals surface area contributed by atoms with Crippen LogP contribution in [0.3, 0.4) is 0 Å². The number of likely N-dealkylation sites (tertiary alicyclic amines) is 1. The van der Waals surface area contributed by atoms with E-state index in [1.807, 2.05) is 0 Å². The Balaban J connectivity index is 2.11. The smallest absolute Gasteiger partial charge is 0.326 e. The highest BCUT2D eigenvalue weighted by Crippen LogP contribution is 2.23. The van der Waals surface area contributed by atoms with Gasteiger partial charge in [0.25, 0.3) is 0 Å². The summed E-state index contributed by atoms with van der Waals surface area (Å²) in [6, 6.07) is 5.05. The summed E-state index contributed by atoms with van der Waals surface area (Å²) in [7, 11) is 0. The number of carboxylic acids is 1. The van der Waals surface area contributed by atoms with E-state index in [0.29, 0.717) is 10.7 Å². The number of aliphatic hydroxyl groups excluding tert-OH is 1. The van der Waals surface area contributed by atoms with Crippen LogP contribution in [0.2, 0.25) is 5.02 Å². The van der Waals surface area contributed by atoms with E-state index in [2.05, 4.69) is 5.32 Å². The molecule has 0 unspecified atom stereocenters. The van der Waals surface area contributed by atoms with Gasteiger partial charge in [-0.1, -0.05) is 23.7 Å². The van der Waals surface area contributed by atoms with Crippen molar-refractivity contribution in [3.05, 3.63) is 29.3 Å². The van der Waals surface area contributed by atoms with E-state index in [4.69, 9.17) is 16.7 Å². The molecule has 102 valence electrons. The zero-order chi connectivity index (χ0) is 14.0. The Morgan fingerprint density at radius 1 is 1.37 bits per heavy atom. The minimum Gasteiger partial charge on any atom is -0.480 e. The lowest BCUT2D eigenvalue weighted by Crippen LogP contribution is -2.43. The summed E-state index contributed by atoms with van der Waals surface area (Å²) in [4.78, 5) is 24.1. The number of nitrogens with zero attached hydrogens (tertiary/aromatic N) is 1. The van der Waals surface area contributed by atoms with Crippen LogP contribution in [0.4, 0.5) is 10.5 Å². The highest BCUT2D eigenvalue weighted by molar-refractivity contribution is 6.33. The molecule has 0 saturated carbocycles. The molecule has 2 rings (SSSR count). The second kappa shape index (κ2) is 5.46. The average molecular weight is 285 g/mol. The third kappa shape index (κ3) is 2.97. The maximum absolute atomic E-state index is 12.0. The molecule has 1 aliphatic heterocycles. The summed E-state index contributed by atoms with van der Waals surface area (Å²) >= 11 is 5.90. The van der Waals surface area contributed by atoms with Gasteiger partial charge in [0, 0.05) is 13.0 Å². The second-order valence-electron chi connectivity index (χ2n) is 4.31. The number of aliphatic carboxylic acids is 1. The molecule has 2 amide bonds. The molecule has 7 heteroatoms. The molecule has 3 N–H and O–H groups in total. The Labute approximate surface area is 114 Å². The third-order valence-electron chi connectivity index (χ3n) is 2.94. The zero-order valence-corrected chi connectivity index (χ0v) is 10.7. The van der Waals surface area contributed by atoms with Crippen LogP contribution < -0.4 is 5.32 Å². The predicted molar refractivity (Wildman–Crippen MR) is 69.2 cm³/mol. The number of benzene rings is 1. The van der Waals surface area contributed by atoms with E-state index in [1.54, 1.807) is 24.3 Å². The number of halogens is 1. The van der Waals surface area contributed by atoms with E-state index in [0.717, 1.165) is 4.90 Å². The third-order valence-corrected chi connectivity index (χ3v) is 3.27. The second-order valence-corrected chi connectivity index (χ2v) is 4.71. The van der Waals surface area contributed by atoms with E-state index in [1.165, 1.54) is 0 Å². The number of rotatable bonds is 2.